The van der Waals surface area contributed by atoms with Crippen molar-refractivity contribution in [2.75, 3.05) is 0 Å². The van der Waals surface area contributed by atoms with Crippen molar-refractivity contribution in [1.82, 2.24) is 0 Å². The van der Waals surface area contributed by atoms with E-state index in [0.29, 0.717) is 0 Å². The Bertz CT molecular complexity index is 703. The first-order valence-corrected chi connectivity index (χ1v) is 6.50. The van der Waals surface area contributed by atoms with Crippen molar-refractivity contribution in [3.63, 3.8) is 0 Å². The molecule has 1 aliphatic rings. The quantitative estimate of drug-likeness (QED) is 0.630. The molecule has 0 saturated carbocycles. The van der Waals surface area contributed by atoms with Crippen molar-refractivity contribution >= 4 is 17.4 Å². The van der Waals surface area contributed by atoms with Gasteiger partial charge in [-0.3, -0.25) is 0 Å². The molecule has 1 aliphatic heterocycles. The predicted octanol–water partition coefficient (Wildman–Crippen LogP) is 4.65. The van der Waals surface area contributed by atoms with Crippen molar-refractivity contribution in [3.05, 3.63) is 58.1 Å². The van der Waals surface area contributed by atoms with Crippen LogP contribution in [0.5, 0.6) is 0 Å². The lowest BCUT2D eigenvalue weighted by Gasteiger charge is -2.11. The number of hydrogen-bond acceptors (Lipinski definition) is 2. The first-order valence-electron chi connectivity index (χ1n) is 6.50. The Morgan fingerprint density at radius 1 is 0.947 bits per heavy atom. The normalized spacial score (nSPS) is 11.9. The Morgan fingerprint density at radius 3 is 2.37 bits per heavy atom. The summed E-state index contributed by atoms with van der Waals surface area (Å²) in [7, 11) is 0. The van der Waals surface area contributed by atoms with Gasteiger partial charge in [0.15, 0.2) is 0 Å². The summed E-state index contributed by atoms with van der Waals surface area (Å²) in [6.45, 7) is 6.32. The molecular formula is C17H16N2. The van der Waals surface area contributed by atoms with Crippen molar-refractivity contribution in [2.24, 2.45) is 9.98 Å². The van der Waals surface area contributed by atoms with Gasteiger partial charge in [0.05, 0.1) is 0 Å². The van der Waals surface area contributed by atoms with Gasteiger partial charge in [-0.05, 0) is 49.4 Å². The van der Waals surface area contributed by atoms with Crippen molar-refractivity contribution in [3.8, 4) is 0 Å². The number of aryl methyl sites for hydroxylation is 2. The van der Waals surface area contributed by atoms with Crippen LogP contribution in [0.1, 0.15) is 27.8 Å². The van der Waals surface area contributed by atoms with E-state index in [1.165, 1.54) is 27.8 Å². The second-order valence-electron chi connectivity index (χ2n) is 5.16. The van der Waals surface area contributed by atoms with Crippen LogP contribution in [0.3, 0.4) is 0 Å². The number of nitrogens with zero attached hydrogens (tertiary/aromatic N) is 2. The van der Waals surface area contributed by atoms with Crippen LogP contribution in [0.2, 0.25) is 0 Å². The average molecular weight is 248 g/mol. The van der Waals surface area contributed by atoms with Gasteiger partial charge in [-0.15, -0.1) is 0 Å². The van der Waals surface area contributed by atoms with Crippen LogP contribution in [0.15, 0.2) is 40.3 Å². The molecule has 0 spiro atoms. The van der Waals surface area contributed by atoms with E-state index in [4.69, 9.17) is 0 Å². The molecule has 0 fully saturated rings. The monoisotopic (exact) mass is 248 g/mol. The zero-order chi connectivity index (χ0) is 13.4. The molecule has 0 unspecified atom stereocenters. The molecule has 94 valence electrons. The maximum absolute atomic E-state index is 4.26. The van der Waals surface area contributed by atoms with Gasteiger partial charge in [-0.1, -0.05) is 35.9 Å². The van der Waals surface area contributed by atoms with Crippen molar-refractivity contribution < 1.29 is 0 Å². The van der Waals surface area contributed by atoms with E-state index < -0.39 is 0 Å². The lowest BCUT2D eigenvalue weighted by Crippen LogP contribution is -1.94. The van der Waals surface area contributed by atoms with Crippen LogP contribution in [-0.4, -0.2) is 6.01 Å². The van der Waals surface area contributed by atoms with Crippen molar-refractivity contribution in [2.45, 2.75) is 27.2 Å². The molecule has 0 amide bonds. The summed E-state index contributed by atoms with van der Waals surface area (Å²) in [6, 6.07) is 13.6. The molecule has 19 heavy (non-hydrogen) atoms. The second-order valence-corrected chi connectivity index (χ2v) is 5.16. The van der Waals surface area contributed by atoms with E-state index >= 15 is 0 Å². The average Bonchev–Trinajstić information content (AvgIpc) is 2.88. The summed E-state index contributed by atoms with van der Waals surface area (Å²) in [4.78, 5) is 8.46. The number of rotatable bonds is 2. The molecule has 2 heteroatoms. The maximum Gasteiger partial charge on any atom is 0.105 e. The minimum absolute atomic E-state index is 0.940. The van der Waals surface area contributed by atoms with E-state index in [9.17, 15) is 0 Å². The highest BCUT2D eigenvalue weighted by Gasteiger charge is 2.15. The molecule has 0 N–H and O–H groups in total. The Kier molecular flexibility index (Phi) is 2.81. The summed E-state index contributed by atoms with van der Waals surface area (Å²) >= 11 is 0. The highest BCUT2D eigenvalue weighted by Crippen LogP contribution is 2.39. The van der Waals surface area contributed by atoms with Crippen LogP contribution in [0.25, 0.3) is 0 Å². The van der Waals surface area contributed by atoms with Crippen LogP contribution >= 0.6 is 0 Å². The molecular weight excluding hydrogens is 232 g/mol. The molecule has 0 saturated heterocycles. The van der Waals surface area contributed by atoms with Crippen LogP contribution in [0.4, 0.5) is 11.4 Å². The van der Waals surface area contributed by atoms with Gasteiger partial charge in [0.1, 0.15) is 17.4 Å². The van der Waals surface area contributed by atoms with Gasteiger partial charge < -0.3 is 0 Å². The molecule has 0 aliphatic carbocycles. The molecule has 0 atom stereocenters. The van der Waals surface area contributed by atoms with Gasteiger partial charge in [0.2, 0.25) is 0 Å². The van der Waals surface area contributed by atoms with E-state index in [-0.39, 0.29) is 0 Å². The Hall–Kier alpha value is -2.18. The van der Waals surface area contributed by atoms with E-state index in [1.54, 1.807) is 0 Å². The molecule has 2 aromatic rings. The van der Waals surface area contributed by atoms with Crippen LogP contribution in [0, 0.1) is 20.8 Å². The summed E-state index contributed by atoms with van der Waals surface area (Å²) in [6.07, 6.45) is 0.940. The van der Waals surface area contributed by atoms with Crippen LogP contribution in [-0.2, 0) is 6.42 Å². The van der Waals surface area contributed by atoms with Gasteiger partial charge >= 0.3 is 0 Å². The predicted molar refractivity (Wildman–Crippen MR) is 79.1 cm³/mol. The second kappa shape index (κ2) is 4.49. The molecule has 0 bridgehead atoms. The van der Waals surface area contributed by atoms with Gasteiger partial charge in [0.25, 0.3) is 0 Å². The van der Waals surface area contributed by atoms with Crippen LogP contribution < -0.4 is 0 Å². The molecule has 2 aromatic carbocycles. The smallest absolute Gasteiger partial charge is 0.105 e. The van der Waals surface area contributed by atoms with Gasteiger partial charge in [-0.25, -0.2) is 0 Å². The number of aliphatic imine (C=N–C) groups is 2. The fourth-order valence-electron chi connectivity index (χ4n) is 2.47. The number of benzene rings is 2. The molecule has 1 heterocycles. The fraction of sp³-hybridized carbons (Fsp3) is 0.235. The van der Waals surface area contributed by atoms with E-state index in [0.717, 1.165) is 17.8 Å². The summed E-state index contributed by atoms with van der Waals surface area (Å²) in [5.41, 5.74) is 8.31. The largest absolute Gasteiger partial charge is 0.185 e. The number of hydrogen-bond donors (Lipinski definition) is 0. The van der Waals surface area contributed by atoms with E-state index in [1.807, 2.05) is 0 Å². The highest BCUT2D eigenvalue weighted by molar-refractivity contribution is 5.81. The Labute approximate surface area is 113 Å². The summed E-state index contributed by atoms with van der Waals surface area (Å²) in [5.74, 6) is 0. The summed E-state index contributed by atoms with van der Waals surface area (Å²) in [5, 5.41) is 0. The first kappa shape index (κ1) is 11.9. The molecule has 2 nitrogen and oxygen atoms in total. The van der Waals surface area contributed by atoms with Crippen molar-refractivity contribution in [1.29, 1.82) is 0 Å². The third-order valence-corrected chi connectivity index (χ3v) is 3.66. The third-order valence-electron chi connectivity index (χ3n) is 3.66. The minimum Gasteiger partial charge on any atom is -0.185 e. The minimum atomic E-state index is 0.940. The summed E-state index contributed by atoms with van der Waals surface area (Å²) < 4.78 is 0. The maximum atomic E-state index is 4.26. The zero-order valence-corrected chi connectivity index (χ0v) is 11.5. The van der Waals surface area contributed by atoms with Gasteiger partial charge in [0, 0.05) is 0 Å². The highest BCUT2D eigenvalue weighted by atomic mass is 14.9. The lowest BCUT2D eigenvalue weighted by molar-refractivity contribution is 1.14. The Balaban J connectivity index is 2.00. The fourth-order valence-corrected chi connectivity index (χ4v) is 2.47. The first-order chi connectivity index (χ1) is 9.15. The molecule has 0 radical (unpaired) electrons. The van der Waals surface area contributed by atoms with E-state index in [2.05, 4.69) is 67.1 Å². The van der Waals surface area contributed by atoms with Gasteiger partial charge in [-0.2, -0.15) is 9.98 Å². The zero-order valence-electron chi connectivity index (χ0n) is 11.5. The Morgan fingerprint density at radius 2 is 1.63 bits per heavy atom. The number of fused-ring (bicyclic) bond motifs is 1. The topological polar surface area (TPSA) is 24.7 Å². The SMILES string of the molecule is Cc1ccc(Cc2cc(C)c3c(c2C)N=C=N3)cc1. The third kappa shape index (κ3) is 2.11. The standard InChI is InChI=1S/C17H16N2/c1-11-4-6-14(7-5-11)9-15-8-12(2)16-17(13(15)3)19-10-18-16/h4-8H,9H2,1-3H3. The lowest BCUT2D eigenvalue weighted by atomic mass is 9.95. The molecule has 0 aromatic heterocycles. The molecule has 3 rings (SSSR count).